The van der Waals surface area contributed by atoms with E-state index in [4.69, 9.17) is 0 Å². The number of rotatable bonds is 5. The van der Waals surface area contributed by atoms with E-state index in [0.717, 1.165) is 5.56 Å². The molecule has 0 spiro atoms. The van der Waals surface area contributed by atoms with E-state index in [9.17, 15) is 9.18 Å². The average molecular weight is 238 g/mol. The van der Waals surface area contributed by atoms with Gasteiger partial charge in [-0.05, 0) is 24.6 Å². The van der Waals surface area contributed by atoms with Crippen LogP contribution in [0.5, 0.6) is 0 Å². The van der Waals surface area contributed by atoms with Crippen molar-refractivity contribution in [2.24, 2.45) is 0 Å². The molecule has 0 radical (unpaired) electrons. The van der Waals surface area contributed by atoms with Crippen LogP contribution < -0.4 is 10.6 Å². The van der Waals surface area contributed by atoms with E-state index >= 15 is 0 Å². The molecule has 1 amide bonds. The lowest BCUT2D eigenvalue weighted by atomic mass is 10.1. The van der Waals surface area contributed by atoms with Crippen LogP contribution in [0.1, 0.15) is 32.4 Å². The lowest BCUT2D eigenvalue weighted by Crippen LogP contribution is -2.37. The van der Waals surface area contributed by atoms with Gasteiger partial charge in [0.1, 0.15) is 5.82 Å². The maximum atomic E-state index is 12.7. The van der Waals surface area contributed by atoms with Crippen molar-refractivity contribution in [3.63, 3.8) is 0 Å². The van der Waals surface area contributed by atoms with Crippen molar-refractivity contribution in [1.29, 1.82) is 0 Å². The van der Waals surface area contributed by atoms with Crippen LogP contribution in [-0.2, 0) is 4.79 Å². The Balaban J connectivity index is 2.46. The fourth-order valence-electron chi connectivity index (χ4n) is 1.42. The molecular weight excluding hydrogens is 219 g/mol. The first kappa shape index (κ1) is 13.6. The molecule has 0 aromatic heterocycles. The number of carbonyl (C=O) groups excluding carboxylic acids is 1. The molecule has 0 saturated heterocycles. The zero-order valence-corrected chi connectivity index (χ0v) is 10.5. The molecule has 0 bridgehead atoms. The maximum absolute atomic E-state index is 12.7. The van der Waals surface area contributed by atoms with Gasteiger partial charge < -0.3 is 10.6 Å². The summed E-state index contributed by atoms with van der Waals surface area (Å²) >= 11 is 0. The van der Waals surface area contributed by atoms with E-state index in [1.165, 1.54) is 12.1 Å². The van der Waals surface area contributed by atoms with Crippen molar-refractivity contribution in [2.45, 2.75) is 32.9 Å². The number of benzene rings is 1. The Bertz CT molecular complexity index is 362. The molecule has 17 heavy (non-hydrogen) atoms. The van der Waals surface area contributed by atoms with Gasteiger partial charge in [-0.15, -0.1) is 0 Å². The Hall–Kier alpha value is -1.42. The van der Waals surface area contributed by atoms with Crippen LogP contribution in [0, 0.1) is 5.82 Å². The van der Waals surface area contributed by atoms with Crippen LogP contribution in [0.4, 0.5) is 4.39 Å². The van der Waals surface area contributed by atoms with E-state index in [2.05, 4.69) is 10.6 Å². The fourth-order valence-corrected chi connectivity index (χ4v) is 1.42. The monoisotopic (exact) mass is 238 g/mol. The van der Waals surface area contributed by atoms with Crippen molar-refractivity contribution < 1.29 is 9.18 Å². The molecule has 0 aliphatic rings. The number of halogens is 1. The summed E-state index contributed by atoms with van der Waals surface area (Å²) < 4.78 is 12.7. The third-order valence-electron chi connectivity index (χ3n) is 2.42. The maximum Gasteiger partial charge on any atom is 0.234 e. The van der Waals surface area contributed by atoms with Gasteiger partial charge in [0.05, 0.1) is 12.6 Å². The summed E-state index contributed by atoms with van der Waals surface area (Å²) in [6.07, 6.45) is 0. The molecule has 0 heterocycles. The quantitative estimate of drug-likeness (QED) is 0.823. The molecule has 4 heteroatoms. The summed E-state index contributed by atoms with van der Waals surface area (Å²) in [5.41, 5.74) is 0.893. The molecule has 3 nitrogen and oxygen atoms in total. The second-order valence-corrected chi connectivity index (χ2v) is 4.38. The van der Waals surface area contributed by atoms with Crippen LogP contribution >= 0.6 is 0 Å². The summed E-state index contributed by atoms with van der Waals surface area (Å²) in [6, 6.07) is 6.31. The van der Waals surface area contributed by atoms with Crippen LogP contribution in [0.15, 0.2) is 24.3 Å². The first-order valence-corrected chi connectivity index (χ1v) is 5.77. The van der Waals surface area contributed by atoms with E-state index in [1.807, 2.05) is 20.8 Å². The summed E-state index contributed by atoms with van der Waals surface area (Å²) in [5.74, 6) is -0.329. The van der Waals surface area contributed by atoms with Gasteiger partial charge in [0, 0.05) is 6.04 Å². The molecule has 0 unspecified atom stereocenters. The molecule has 1 rings (SSSR count). The van der Waals surface area contributed by atoms with Gasteiger partial charge in [-0.3, -0.25) is 4.79 Å². The van der Waals surface area contributed by atoms with Crippen LogP contribution in [0.25, 0.3) is 0 Å². The molecule has 0 fully saturated rings. The topological polar surface area (TPSA) is 41.1 Å². The van der Waals surface area contributed by atoms with Crippen molar-refractivity contribution in [3.8, 4) is 0 Å². The van der Waals surface area contributed by atoms with Crippen molar-refractivity contribution in [2.75, 3.05) is 6.54 Å². The summed E-state index contributed by atoms with van der Waals surface area (Å²) in [5, 5.41) is 5.89. The van der Waals surface area contributed by atoms with Crippen LogP contribution in [-0.4, -0.2) is 18.5 Å². The van der Waals surface area contributed by atoms with Crippen LogP contribution in [0.2, 0.25) is 0 Å². The molecule has 94 valence electrons. The van der Waals surface area contributed by atoms with E-state index < -0.39 is 0 Å². The highest BCUT2D eigenvalue weighted by Gasteiger charge is 2.09. The molecule has 0 aliphatic heterocycles. The molecule has 0 aliphatic carbocycles. The standard InChI is InChI=1S/C13H19FN2O/c1-9(2)15-8-13(17)16-10(3)11-4-6-12(14)7-5-11/h4-7,9-10,15H,8H2,1-3H3,(H,16,17)/t10-/m1/s1. The van der Waals surface area contributed by atoms with Gasteiger partial charge in [0.25, 0.3) is 0 Å². The van der Waals surface area contributed by atoms with E-state index in [0.29, 0.717) is 6.54 Å². The molecular formula is C13H19FN2O. The third kappa shape index (κ3) is 4.95. The highest BCUT2D eigenvalue weighted by molar-refractivity contribution is 5.78. The fraction of sp³-hybridized carbons (Fsp3) is 0.462. The number of amides is 1. The second-order valence-electron chi connectivity index (χ2n) is 4.38. The van der Waals surface area contributed by atoms with Crippen LogP contribution in [0.3, 0.4) is 0 Å². The molecule has 0 saturated carbocycles. The highest BCUT2D eigenvalue weighted by Crippen LogP contribution is 2.12. The number of nitrogens with one attached hydrogen (secondary N) is 2. The van der Waals surface area contributed by atoms with Gasteiger partial charge in [-0.2, -0.15) is 0 Å². The Kier molecular flexibility index (Phi) is 5.10. The molecule has 2 N–H and O–H groups in total. The van der Waals surface area contributed by atoms with Crippen molar-refractivity contribution >= 4 is 5.91 Å². The largest absolute Gasteiger partial charge is 0.348 e. The summed E-state index contributed by atoms with van der Waals surface area (Å²) in [7, 11) is 0. The molecule has 1 aromatic rings. The first-order valence-electron chi connectivity index (χ1n) is 5.77. The molecule has 1 atom stereocenters. The molecule has 1 aromatic carbocycles. The Labute approximate surface area is 101 Å². The Morgan fingerprint density at radius 1 is 1.24 bits per heavy atom. The lowest BCUT2D eigenvalue weighted by Gasteiger charge is -2.15. The zero-order valence-electron chi connectivity index (χ0n) is 10.5. The van der Waals surface area contributed by atoms with E-state index in [1.54, 1.807) is 12.1 Å². The number of hydrogen-bond acceptors (Lipinski definition) is 2. The number of hydrogen-bond donors (Lipinski definition) is 2. The SMILES string of the molecule is CC(C)NCC(=O)N[C@H](C)c1ccc(F)cc1. The number of carbonyl (C=O) groups is 1. The highest BCUT2D eigenvalue weighted by atomic mass is 19.1. The Morgan fingerprint density at radius 2 is 1.82 bits per heavy atom. The summed E-state index contributed by atoms with van der Waals surface area (Å²) in [6.45, 7) is 6.14. The predicted molar refractivity (Wildman–Crippen MR) is 66.1 cm³/mol. The minimum Gasteiger partial charge on any atom is -0.348 e. The third-order valence-corrected chi connectivity index (χ3v) is 2.42. The second kappa shape index (κ2) is 6.35. The van der Waals surface area contributed by atoms with Gasteiger partial charge in [-0.25, -0.2) is 4.39 Å². The van der Waals surface area contributed by atoms with Gasteiger partial charge >= 0.3 is 0 Å². The minimum absolute atomic E-state index is 0.0597. The first-order chi connectivity index (χ1) is 7.99. The smallest absolute Gasteiger partial charge is 0.234 e. The van der Waals surface area contributed by atoms with Crippen molar-refractivity contribution in [1.82, 2.24) is 10.6 Å². The van der Waals surface area contributed by atoms with Gasteiger partial charge in [0.15, 0.2) is 0 Å². The van der Waals surface area contributed by atoms with Gasteiger partial charge in [0.2, 0.25) is 5.91 Å². The van der Waals surface area contributed by atoms with Gasteiger partial charge in [-0.1, -0.05) is 26.0 Å². The van der Waals surface area contributed by atoms with Crippen molar-refractivity contribution in [3.05, 3.63) is 35.6 Å². The van der Waals surface area contributed by atoms with E-state index in [-0.39, 0.29) is 23.8 Å². The normalized spacial score (nSPS) is 12.5. The Morgan fingerprint density at radius 3 is 2.35 bits per heavy atom. The zero-order chi connectivity index (χ0) is 12.8. The predicted octanol–water partition coefficient (Wildman–Crippen LogP) is 2.00. The average Bonchev–Trinajstić information content (AvgIpc) is 2.27. The lowest BCUT2D eigenvalue weighted by molar-refractivity contribution is -0.121. The minimum atomic E-state index is -0.270. The summed E-state index contributed by atoms with van der Waals surface area (Å²) in [4.78, 5) is 11.6.